The molecule has 252 valence electrons. The van der Waals surface area contributed by atoms with Crippen molar-refractivity contribution < 1.29 is 35.7 Å². The first-order valence-electron chi connectivity index (χ1n) is 16.3. The number of hydrogen-bond donors (Lipinski definition) is 0. The van der Waals surface area contributed by atoms with Gasteiger partial charge in [-0.2, -0.15) is 8.78 Å². The van der Waals surface area contributed by atoms with Gasteiger partial charge in [0, 0.05) is 6.42 Å². The fourth-order valence-corrected chi connectivity index (χ4v) is 14.4. The summed E-state index contributed by atoms with van der Waals surface area (Å²) >= 11 is -2.05. The molecule has 0 aliphatic heterocycles. The maximum atomic E-state index is 13.4. The minimum atomic E-state index is -6.09. The zero-order chi connectivity index (χ0) is 33.8. The van der Waals surface area contributed by atoms with Crippen LogP contribution in [0.15, 0.2) is 72.8 Å². The fraction of sp³-hybridized carbons (Fsp3) is 0.472. The van der Waals surface area contributed by atoms with Crippen molar-refractivity contribution in [3.63, 3.8) is 0 Å². The van der Waals surface area contributed by atoms with Crippen molar-refractivity contribution in [3.8, 4) is 4.90 Å². The van der Waals surface area contributed by atoms with Gasteiger partial charge in [0.05, 0.1) is 12.0 Å². The van der Waals surface area contributed by atoms with Crippen LogP contribution < -0.4 is 3.58 Å². The molecule has 2 atom stereocenters. The van der Waals surface area contributed by atoms with Crippen LogP contribution in [0.5, 0.6) is 0 Å². The van der Waals surface area contributed by atoms with Gasteiger partial charge in [-0.05, 0) is 56.3 Å². The van der Waals surface area contributed by atoms with E-state index in [-0.39, 0.29) is 10.5 Å². The summed E-state index contributed by atoms with van der Waals surface area (Å²) in [5, 5.41) is -2.11. The van der Waals surface area contributed by atoms with Crippen LogP contribution in [0, 0.1) is 23.2 Å². The Bertz CT molecular complexity index is 1850. The van der Waals surface area contributed by atoms with Crippen molar-refractivity contribution in [1.82, 2.24) is 0 Å². The number of thiophene rings is 1. The molecule has 4 bridgehead atoms. The van der Waals surface area contributed by atoms with Gasteiger partial charge >= 0.3 is 156 Å². The fourth-order valence-electron chi connectivity index (χ4n) is 8.27. The average molecular weight is 794 g/mol. The summed E-state index contributed by atoms with van der Waals surface area (Å²) in [4.78, 5) is 21.3. The Morgan fingerprint density at radius 2 is 1.47 bits per heavy atom. The van der Waals surface area contributed by atoms with Crippen LogP contribution in [0.4, 0.5) is 13.2 Å². The molecule has 5 nitrogen and oxygen atoms in total. The van der Waals surface area contributed by atoms with Gasteiger partial charge in [-0.25, -0.2) is 12.8 Å². The number of rotatable bonds is 8. The molecule has 0 saturated heterocycles. The summed E-state index contributed by atoms with van der Waals surface area (Å²) in [6.45, 7) is -0.660. The second-order valence-electron chi connectivity index (χ2n) is 14.7. The van der Waals surface area contributed by atoms with E-state index < -0.39 is 64.3 Å². The number of fused-ring (bicyclic) bond motifs is 3. The first-order valence-corrected chi connectivity index (χ1v) is 28.9. The van der Waals surface area contributed by atoms with E-state index in [1.54, 1.807) is 3.58 Å². The standard InChI is InChI=1S/C18H12S.C15H21F3O5S.3CH3.Sn/c1-2-8-14(9-3-1)19-17-12-6-4-10-15(17)16-11-5-7-13-18(16)19;16-12(15(17,18)24(20,21)22)1-2-23-13(19)14-6-9-3-10(7-14)5-11(4-9)8-14;;;;/h1-4,6-13H;9-12H,1-8H2,(H,20,21,22);3*1H3;/q+1;;;;;/p-1. The summed E-state index contributed by atoms with van der Waals surface area (Å²) < 4.78 is 80.2. The van der Waals surface area contributed by atoms with Crippen LogP contribution in [0.3, 0.4) is 0 Å². The van der Waals surface area contributed by atoms with E-state index in [1.165, 1.54) is 25.1 Å². The zero-order valence-corrected chi connectivity index (χ0v) is 31.4. The first-order chi connectivity index (χ1) is 22.1. The SMILES string of the molecule is O=C(OCCC(F)C(F)(F)S(=O)(=O)[O-])C12CC3CC(CC(C3)C1)C2.[CH3][Sn]([CH3])([CH3])[c]1ccc2c(c1)c1ccccc1[s+]2-c1ccccc1. The molecule has 0 N–H and O–H groups in total. The normalized spacial score (nSPS) is 25.0. The van der Waals surface area contributed by atoms with E-state index in [0.29, 0.717) is 17.8 Å². The molecule has 8 rings (SSSR count). The van der Waals surface area contributed by atoms with Crippen molar-refractivity contribution in [3.05, 3.63) is 72.8 Å². The molecule has 0 radical (unpaired) electrons. The van der Waals surface area contributed by atoms with E-state index in [4.69, 9.17) is 4.74 Å². The molecule has 4 fully saturated rings. The van der Waals surface area contributed by atoms with Gasteiger partial charge in [0.2, 0.25) is 0 Å². The molecule has 4 aliphatic rings. The second kappa shape index (κ2) is 12.9. The van der Waals surface area contributed by atoms with Crippen LogP contribution in [-0.2, 0) is 19.6 Å². The van der Waals surface area contributed by atoms with E-state index in [0.717, 1.165) is 38.5 Å². The van der Waals surface area contributed by atoms with Gasteiger partial charge in [0.25, 0.3) is 0 Å². The minimum absolute atomic E-state index is 0.0477. The summed E-state index contributed by atoms with van der Waals surface area (Å²) in [7, 11) is -6.04. The molecule has 4 aromatic rings. The Kier molecular flexibility index (Phi) is 9.56. The molecule has 47 heavy (non-hydrogen) atoms. The Balaban J connectivity index is 0.000000164. The summed E-state index contributed by atoms with van der Waals surface area (Å²) in [5.74, 6) is 0.982. The molecule has 1 aromatic heterocycles. The Morgan fingerprint density at radius 3 is 2.04 bits per heavy atom. The van der Waals surface area contributed by atoms with Crippen LogP contribution >= 0.6 is 10.5 Å². The number of ether oxygens (including phenoxy) is 1. The van der Waals surface area contributed by atoms with Gasteiger partial charge in [-0.3, -0.25) is 4.79 Å². The van der Waals surface area contributed by atoms with Crippen molar-refractivity contribution in [2.24, 2.45) is 23.2 Å². The molecule has 0 spiro atoms. The van der Waals surface area contributed by atoms with Gasteiger partial charge in [-0.15, -0.1) is 0 Å². The predicted octanol–water partition coefficient (Wildman–Crippen LogP) is 8.89. The quantitative estimate of drug-likeness (QED) is 0.0771. The number of hydrogen-bond acceptors (Lipinski definition) is 5. The monoisotopic (exact) mass is 794 g/mol. The van der Waals surface area contributed by atoms with Gasteiger partial charge < -0.3 is 9.29 Å². The molecule has 4 saturated carbocycles. The van der Waals surface area contributed by atoms with E-state index in [1.807, 2.05) is 0 Å². The Labute approximate surface area is 281 Å². The van der Waals surface area contributed by atoms with Crippen LogP contribution in [-0.4, -0.2) is 55.3 Å². The molecule has 2 unspecified atom stereocenters. The van der Waals surface area contributed by atoms with E-state index in [2.05, 4.69) is 87.6 Å². The van der Waals surface area contributed by atoms with Gasteiger partial charge in [0.15, 0.2) is 16.3 Å². The number of esters is 1. The third-order valence-electron chi connectivity index (χ3n) is 10.2. The Hall–Kier alpha value is -2.15. The van der Waals surface area contributed by atoms with Crippen LogP contribution in [0.25, 0.3) is 25.1 Å². The second-order valence-corrected chi connectivity index (χ2v) is 32.6. The maximum absolute atomic E-state index is 13.4. The van der Waals surface area contributed by atoms with E-state index in [9.17, 15) is 30.9 Å². The van der Waals surface area contributed by atoms with E-state index >= 15 is 0 Å². The summed E-state index contributed by atoms with van der Waals surface area (Å²) in [6.07, 6.45) is 1.31. The molecular formula is C36H41F3O5S2Sn. The van der Waals surface area contributed by atoms with Gasteiger partial charge in [0.1, 0.15) is 0 Å². The molecule has 11 heteroatoms. The molecular weight excluding hydrogens is 752 g/mol. The van der Waals surface area contributed by atoms with Gasteiger partial charge in [-0.1, -0.05) is 0 Å². The number of benzene rings is 3. The first kappa shape index (κ1) is 34.7. The number of carbonyl (C=O) groups is 1. The van der Waals surface area contributed by atoms with Crippen molar-refractivity contribution in [2.45, 2.75) is 71.2 Å². The predicted molar refractivity (Wildman–Crippen MR) is 184 cm³/mol. The number of alkyl halides is 3. The number of carbonyl (C=O) groups excluding carboxylic acids is 1. The molecule has 3 aromatic carbocycles. The molecule has 4 aliphatic carbocycles. The van der Waals surface area contributed by atoms with Crippen LogP contribution in [0.1, 0.15) is 44.9 Å². The molecule has 1 heterocycles. The summed E-state index contributed by atoms with van der Waals surface area (Å²) in [6, 6.07) is 27.2. The van der Waals surface area contributed by atoms with Crippen molar-refractivity contribution in [2.75, 3.05) is 6.61 Å². The molecule has 0 amide bonds. The van der Waals surface area contributed by atoms with Crippen molar-refractivity contribution >= 4 is 68.7 Å². The summed E-state index contributed by atoms with van der Waals surface area (Å²) in [5.41, 5.74) is -0.590. The van der Waals surface area contributed by atoms with Crippen molar-refractivity contribution in [1.29, 1.82) is 0 Å². The van der Waals surface area contributed by atoms with Crippen LogP contribution in [0.2, 0.25) is 14.8 Å². The topological polar surface area (TPSA) is 83.5 Å². The average Bonchev–Trinajstić information content (AvgIpc) is 3.34. The Morgan fingerprint density at radius 1 is 0.915 bits per heavy atom. The third-order valence-corrected chi connectivity index (χ3v) is 19.3. The number of halogens is 3. The third kappa shape index (κ3) is 6.85. The zero-order valence-electron chi connectivity index (χ0n) is 26.9.